The minimum atomic E-state index is -3.98. The van der Waals surface area contributed by atoms with Crippen molar-refractivity contribution in [1.82, 2.24) is 0 Å². The number of aryl methyl sites for hydroxylation is 1. The second-order valence-corrected chi connectivity index (χ2v) is 9.08. The van der Waals surface area contributed by atoms with Crippen LogP contribution in [0.2, 0.25) is 5.02 Å². The molecule has 156 valence electrons. The topological polar surface area (TPSA) is 66.5 Å². The van der Waals surface area contributed by atoms with Gasteiger partial charge in [-0.2, -0.15) is 0 Å². The number of halogens is 1. The molecule has 0 saturated carbocycles. The number of nitrogens with zero attached hydrogens (tertiary/aromatic N) is 1. The Labute approximate surface area is 182 Å². The summed E-state index contributed by atoms with van der Waals surface area (Å²) in [5.41, 5.74) is 2.70. The van der Waals surface area contributed by atoms with Gasteiger partial charge >= 0.3 is 0 Å². The summed E-state index contributed by atoms with van der Waals surface area (Å²) < 4.78 is 27.8. The van der Waals surface area contributed by atoms with Crippen molar-refractivity contribution in [2.24, 2.45) is 0 Å². The van der Waals surface area contributed by atoms with Crippen LogP contribution in [0.1, 0.15) is 18.1 Å². The van der Waals surface area contributed by atoms with E-state index in [9.17, 15) is 13.2 Å². The molecule has 0 aliphatic rings. The quantitative estimate of drug-likeness (QED) is 0.557. The maximum absolute atomic E-state index is 13.4. The van der Waals surface area contributed by atoms with Crippen LogP contribution in [0.15, 0.2) is 77.7 Å². The Kier molecular flexibility index (Phi) is 6.80. The van der Waals surface area contributed by atoms with E-state index in [1.54, 1.807) is 55.5 Å². The van der Waals surface area contributed by atoms with Gasteiger partial charge < -0.3 is 5.32 Å². The Bertz CT molecular complexity index is 1130. The number of nitrogens with one attached hydrogen (secondary N) is 1. The average molecular weight is 443 g/mol. The maximum Gasteiger partial charge on any atom is 0.264 e. The van der Waals surface area contributed by atoms with Crippen molar-refractivity contribution in [3.8, 4) is 0 Å². The van der Waals surface area contributed by atoms with Crippen molar-refractivity contribution in [3.05, 3.63) is 88.9 Å². The minimum absolute atomic E-state index is 0.101. The number of hydrogen-bond donors (Lipinski definition) is 1. The molecule has 3 aromatic rings. The first-order chi connectivity index (χ1) is 14.3. The first-order valence-electron chi connectivity index (χ1n) is 9.54. The Hall–Kier alpha value is -2.83. The highest BCUT2D eigenvalue weighted by Crippen LogP contribution is 2.30. The van der Waals surface area contributed by atoms with Crippen LogP contribution in [-0.2, 0) is 21.2 Å². The van der Waals surface area contributed by atoms with Crippen LogP contribution >= 0.6 is 11.6 Å². The van der Waals surface area contributed by atoms with Crippen molar-refractivity contribution >= 4 is 38.9 Å². The van der Waals surface area contributed by atoms with Gasteiger partial charge in [-0.1, -0.05) is 54.9 Å². The molecule has 0 spiro atoms. The van der Waals surface area contributed by atoms with E-state index in [2.05, 4.69) is 5.32 Å². The summed E-state index contributed by atoms with van der Waals surface area (Å²) in [6, 6.07) is 20.5. The molecule has 0 fully saturated rings. The molecule has 0 saturated heterocycles. The predicted octanol–water partition coefficient (Wildman–Crippen LogP) is 5.04. The van der Waals surface area contributed by atoms with Crippen molar-refractivity contribution in [3.63, 3.8) is 0 Å². The first-order valence-corrected chi connectivity index (χ1v) is 11.4. The largest absolute Gasteiger partial charge is 0.325 e. The fourth-order valence-electron chi connectivity index (χ4n) is 3.04. The van der Waals surface area contributed by atoms with Gasteiger partial charge in [-0.05, 0) is 60.9 Å². The fraction of sp³-hybridized carbons (Fsp3) is 0.174. The molecule has 0 aliphatic carbocycles. The van der Waals surface area contributed by atoms with Gasteiger partial charge in [0.15, 0.2) is 0 Å². The highest BCUT2D eigenvalue weighted by molar-refractivity contribution is 7.92. The van der Waals surface area contributed by atoms with E-state index in [1.165, 1.54) is 12.1 Å². The Morgan fingerprint density at radius 3 is 2.27 bits per heavy atom. The summed E-state index contributed by atoms with van der Waals surface area (Å²) in [5, 5.41) is 3.20. The lowest BCUT2D eigenvalue weighted by Crippen LogP contribution is -2.38. The van der Waals surface area contributed by atoms with Gasteiger partial charge in [0.1, 0.15) is 6.54 Å². The van der Waals surface area contributed by atoms with Crippen LogP contribution in [0.3, 0.4) is 0 Å². The number of carbonyl (C=O) groups excluding carboxylic acids is 1. The molecule has 0 radical (unpaired) electrons. The smallest absolute Gasteiger partial charge is 0.264 e. The lowest BCUT2D eigenvalue weighted by Gasteiger charge is -2.26. The SMILES string of the molecule is CCc1ccc(NC(=O)CN(c2cccc(Cl)c2C)S(=O)(=O)c2ccccc2)cc1. The van der Waals surface area contributed by atoms with Crippen LogP contribution in [0.5, 0.6) is 0 Å². The second-order valence-electron chi connectivity index (χ2n) is 6.81. The van der Waals surface area contributed by atoms with Gasteiger partial charge in [0.05, 0.1) is 10.6 Å². The molecule has 0 heterocycles. The number of anilines is 2. The fourth-order valence-corrected chi connectivity index (χ4v) is 4.71. The summed E-state index contributed by atoms with van der Waals surface area (Å²) in [5.74, 6) is -0.446. The molecule has 0 unspecified atom stereocenters. The van der Waals surface area contributed by atoms with Crippen molar-refractivity contribution in [1.29, 1.82) is 0 Å². The maximum atomic E-state index is 13.4. The van der Waals surface area contributed by atoms with Gasteiger partial charge in [0, 0.05) is 10.7 Å². The van der Waals surface area contributed by atoms with E-state index >= 15 is 0 Å². The zero-order valence-electron chi connectivity index (χ0n) is 16.8. The lowest BCUT2D eigenvalue weighted by molar-refractivity contribution is -0.114. The Morgan fingerprint density at radius 2 is 1.63 bits per heavy atom. The van der Waals surface area contributed by atoms with E-state index in [4.69, 9.17) is 11.6 Å². The summed E-state index contributed by atoms with van der Waals surface area (Å²) in [4.78, 5) is 12.9. The van der Waals surface area contributed by atoms with Gasteiger partial charge in [-0.15, -0.1) is 0 Å². The molecule has 30 heavy (non-hydrogen) atoms. The highest BCUT2D eigenvalue weighted by Gasteiger charge is 2.28. The van der Waals surface area contributed by atoms with E-state index in [0.29, 0.717) is 22.0 Å². The normalized spacial score (nSPS) is 11.2. The van der Waals surface area contributed by atoms with Crippen molar-refractivity contribution in [2.75, 3.05) is 16.2 Å². The summed E-state index contributed by atoms with van der Waals surface area (Å²) >= 11 is 6.23. The molecule has 0 atom stereocenters. The van der Waals surface area contributed by atoms with Crippen molar-refractivity contribution < 1.29 is 13.2 Å². The van der Waals surface area contributed by atoms with Crippen LogP contribution < -0.4 is 9.62 Å². The number of sulfonamides is 1. The number of amides is 1. The van der Waals surface area contributed by atoms with Gasteiger partial charge in [0.2, 0.25) is 5.91 Å². The Balaban J connectivity index is 1.95. The standard InChI is InChI=1S/C23H23ClN2O3S/c1-3-18-12-14-19(15-13-18)25-23(27)16-26(22-11-7-10-21(24)17(22)2)30(28,29)20-8-5-4-6-9-20/h4-15H,3,16H2,1-2H3,(H,25,27). The van der Waals surface area contributed by atoms with Gasteiger partial charge in [-0.3, -0.25) is 9.10 Å². The highest BCUT2D eigenvalue weighted by atomic mass is 35.5. The Morgan fingerprint density at radius 1 is 0.967 bits per heavy atom. The molecule has 3 aromatic carbocycles. The monoisotopic (exact) mass is 442 g/mol. The van der Waals surface area contributed by atoms with Crippen molar-refractivity contribution in [2.45, 2.75) is 25.2 Å². The first kappa shape index (κ1) is 21.9. The third-order valence-electron chi connectivity index (χ3n) is 4.77. The van der Waals surface area contributed by atoms with E-state index in [-0.39, 0.29) is 11.4 Å². The summed E-state index contributed by atoms with van der Waals surface area (Å²) in [6.45, 7) is 3.40. The van der Waals surface area contributed by atoms with Crippen LogP contribution in [0.25, 0.3) is 0 Å². The molecular formula is C23H23ClN2O3S. The zero-order chi connectivity index (χ0) is 21.7. The van der Waals surface area contributed by atoms with Gasteiger partial charge in [-0.25, -0.2) is 8.42 Å². The summed E-state index contributed by atoms with van der Waals surface area (Å²) in [6.07, 6.45) is 0.894. The van der Waals surface area contributed by atoms with E-state index in [1.807, 2.05) is 19.1 Å². The molecule has 0 aromatic heterocycles. The average Bonchev–Trinajstić information content (AvgIpc) is 2.75. The number of rotatable bonds is 7. The molecular weight excluding hydrogens is 420 g/mol. The van der Waals surface area contributed by atoms with Crippen LogP contribution in [0.4, 0.5) is 11.4 Å². The predicted molar refractivity (Wildman–Crippen MR) is 122 cm³/mol. The third kappa shape index (κ3) is 4.83. The van der Waals surface area contributed by atoms with E-state index < -0.39 is 15.9 Å². The molecule has 5 nitrogen and oxygen atoms in total. The summed E-state index contributed by atoms with van der Waals surface area (Å²) in [7, 11) is -3.98. The van der Waals surface area contributed by atoms with Gasteiger partial charge in [0.25, 0.3) is 10.0 Å². The molecule has 1 amide bonds. The number of hydrogen-bond acceptors (Lipinski definition) is 3. The van der Waals surface area contributed by atoms with Crippen LogP contribution in [0, 0.1) is 6.92 Å². The molecule has 3 rings (SSSR count). The molecule has 1 N–H and O–H groups in total. The third-order valence-corrected chi connectivity index (χ3v) is 6.96. The lowest BCUT2D eigenvalue weighted by atomic mass is 10.1. The minimum Gasteiger partial charge on any atom is -0.325 e. The zero-order valence-corrected chi connectivity index (χ0v) is 18.4. The molecule has 0 bridgehead atoms. The van der Waals surface area contributed by atoms with E-state index in [0.717, 1.165) is 16.3 Å². The second kappa shape index (κ2) is 9.32. The molecule has 7 heteroatoms. The van der Waals surface area contributed by atoms with Crippen LogP contribution in [-0.4, -0.2) is 20.9 Å². The molecule has 0 aliphatic heterocycles. The number of carbonyl (C=O) groups is 1. The number of benzene rings is 3.